The third kappa shape index (κ3) is 1.94. The van der Waals surface area contributed by atoms with Crippen LogP contribution in [0.1, 0.15) is 26.7 Å². The highest BCUT2D eigenvalue weighted by Gasteiger charge is 2.30. The molecule has 0 rings (SSSR count). The number of aliphatic hydroxyl groups excluding tert-OH is 2. The smallest absolute Gasteiger partial charge is 0.106 e. The molecule has 0 aliphatic rings. The van der Waals surface area contributed by atoms with Gasteiger partial charge < -0.3 is 15.3 Å². The van der Waals surface area contributed by atoms with E-state index in [9.17, 15) is 5.11 Å². The maximum absolute atomic E-state index is 9.49. The maximum Gasteiger partial charge on any atom is 0.106 e. The van der Waals surface area contributed by atoms with Crippen LogP contribution in [0.3, 0.4) is 0 Å². The highest BCUT2D eigenvalue weighted by atomic mass is 16.4. The zero-order chi connectivity index (χ0) is 8.20. The van der Waals surface area contributed by atoms with Crippen LogP contribution >= 0.6 is 0 Å². The van der Waals surface area contributed by atoms with Gasteiger partial charge in [-0.2, -0.15) is 0 Å². The average Bonchev–Trinajstić information content (AvgIpc) is 2.01. The largest absolute Gasteiger partial charge is 0.394 e. The number of aliphatic hydroxyl groups is 3. The minimum atomic E-state index is -1.10. The fourth-order valence-corrected chi connectivity index (χ4v) is 0.891. The number of hydrogen-bond donors (Lipinski definition) is 3. The Morgan fingerprint density at radius 1 is 1.30 bits per heavy atom. The monoisotopic (exact) mass is 148 g/mol. The lowest BCUT2D eigenvalue weighted by Gasteiger charge is -2.29. The highest BCUT2D eigenvalue weighted by Crippen LogP contribution is 2.18. The van der Waals surface area contributed by atoms with Crippen molar-refractivity contribution in [1.29, 1.82) is 0 Å². The van der Waals surface area contributed by atoms with Crippen LogP contribution in [-0.4, -0.2) is 33.6 Å². The van der Waals surface area contributed by atoms with E-state index < -0.39 is 11.7 Å². The predicted octanol–water partition coefficient (Wildman–Crippen LogP) is -0.109. The topological polar surface area (TPSA) is 60.7 Å². The lowest BCUT2D eigenvalue weighted by atomic mass is 9.91. The summed E-state index contributed by atoms with van der Waals surface area (Å²) < 4.78 is 0. The van der Waals surface area contributed by atoms with Gasteiger partial charge in [0.1, 0.15) is 6.10 Å². The molecule has 0 aliphatic carbocycles. The summed E-state index contributed by atoms with van der Waals surface area (Å²) in [6, 6.07) is 0. The highest BCUT2D eigenvalue weighted by molar-refractivity contribution is 4.82. The fraction of sp³-hybridized carbons (Fsp3) is 1.00. The molecule has 3 nitrogen and oxygen atoms in total. The summed E-state index contributed by atoms with van der Waals surface area (Å²) >= 11 is 0. The van der Waals surface area contributed by atoms with Crippen LogP contribution in [-0.2, 0) is 0 Å². The molecule has 3 heteroatoms. The lowest BCUT2D eigenvalue weighted by molar-refractivity contribution is -0.0985. The Morgan fingerprint density at radius 3 is 1.80 bits per heavy atom. The molecule has 3 N–H and O–H groups in total. The van der Waals surface area contributed by atoms with E-state index >= 15 is 0 Å². The van der Waals surface area contributed by atoms with Gasteiger partial charge in [-0.05, 0) is 12.8 Å². The summed E-state index contributed by atoms with van der Waals surface area (Å²) in [6.07, 6.45) is -0.0845. The third-order valence-electron chi connectivity index (χ3n) is 2.02. The zero-order valence-corrected chi connectivity index (χ0v) is 6.54. The maximum atomic E-state index is 9.49. The summed E-state index contributed by atoms with van der Waals surface area (Å²) in [4.78, 5) is 0. The molecule has 62 valence electrons. The van der Waals surface area contributed by atoms with Crippen molar-refractivity contribution in [2.45, 2.75) is 38.4 Å². The second-order valence-electron chi connectivity index (χ2n) is 2.51. The first-order valence-corrected chi connectivity index (χ1v) is 3.62. The first-order valence-electron chi connectivity index (χ1n) is 3.62. The van der Waals surface area contributed by atoms with E-state index in [1.54, 1.807) is 13.8 Å². The lowest BCUT2D eigenvalue weighted by Crippen LogP contribution is -2.43. The molecule has 0 heterocycles. The molecule has 10 heavy (non-hydrogen) atoms. The van der Waals surface area contributed by atoms with Gasteiger partial charge in [-0.25, -0.2) is 0 Å². The van der Waals surface area contributed by atoms with Gasteiger partial charge in [0.05, 0.1) is 12.2 Å². The Balaban J connectivity index is 4.02. The van der Waals surface area contributed by atoms with Crippen molar-refractivity contribution < 1.29 is 15.3 Å². The van der Waals surface area contributed by atoms with Crippen molar-refractivity contribution in [2.75, 3.05) is 6.61 Å². The summed E-state index contributed by atoms with van der Waals surface area (Å²) in [5, 5.41) is 27.1. The van der Waals surface area contributed by atoms with Gasteiger partial charge in [-0.15, -0.1) is 0 Å². The van der Waals surface area contributed by atoms with Gasteiger partial charge >= 0.3 is 0 Å². The third-order valence-corrected chi connectivity index (χ3v) is 2.02. The Kier molecular flexibility index (Phi) is 3.86. The van der Waals surface area contributed by atoms with E-state index in [1.807, 2.05) is 0 Å². The van der Waals surface area contributed by atoms with Crippen molar-refractivity contribution in [2.24, 2.45) is 0 Å². The Hall–Kier alpha value is -0.120. The summed E-state index contributed by atoms with van der Waals surface area (Å²) in [7, 11) is 0. The quantitative estimate of drug-likeness (QED) is 0.521. The van der Waals surface area contributed by atoms with Crippen LogP contribution in [0, 0.1) is 0 Å². The fourth-order valence-electron chi connectivity index (χ4n) is 0.891. The first kappa shape index (κ1) is 9.88. The van der Waals surface area contributed by atoms with Crippen molar-refractivity contribution in [3.8, 4) is 0 Å². The van der Waals surface area contributed by atoms with Gasteiger partial charge in [-0.1, -0.05) is 13.8 Å². The molecule has 0 amide bonds. The molecule has 0 aromatic carbocycles. The van der Waals surface area contributed by atoms with Crippen molar-refractivity contribution in [3.05, 3.63) is 0 Å². The molecule has 0 aromatic heterocycles. The van der Waals surface area contributed by atoms with Crippen LogP contribution < -0.4 is 0 Å². The van der Waals surface area contributed by atoms with E-state index in [0.717, 1.165) is 0 Å². The molecule has 0 spiro atoms. The first-order chi connectivity index (χ1) is 4.60. The number of hydrogen-bond acceptors (Lipinski definition) is 3. The molecular formula is C7H16O3. The van der Waals surface area contributed by atoms with Gasteiger partial charge in [0.15, 0.2) is 0 Å². The second-order valence-corrected chi connectivity index (χ2v) is 2.51. The molecule has 1 atom stereocenters. The minimum absolute atomic E-state index is 0.377. The van der Waals surface area contributed by atoms with Crippen LogP contribution in [0.4, 0.5) is 0 Å². The standard InChI is InChI=1S/C7H16O3/c1-3-7(10,4-2)6(9)5-8/h6,8-10H,3-5H2,1-2H3. The van der Waals surface area contributed by atoms with Crippen molar-refractivity contribution >= 4 is 0 Å². The normalized spacial score (nSPS) is 15.3. The van der Waals surface area contributed by atoms with Crippen molar-refractivity contribution in [3.63, 3.8) is 0 Å². The predicted molar refractivity (Wildman–Crippen MR) is 38.6 cm³/mol. The van der Waals surface area contributed by atoms with E-state index in [2.05, 4.69) is 0 Å². The van der Waals surface area contributed by atoms with E-state index in [1.165, 1.54) is 0 Å². The minimum Gasteiger partial charge on any atom is -0.394 e. The Morgan fingerprint density at radius 2 is 1.70 bits per heavy atom. The van der Waals surface area contributed by atoms with E-state index in [0.29, 0.717) is 12.8 Å². The van der Waals surface area contributed by atoms with Crippen molar-refractivity contribution in [1.82, 2.24) is 0 Å². The van der Waals surface area contributed by atoms with Crippen LogP contribution in [0.2, 0.25) is 0 Å². The van der Waals surface area contributed by atoms with Gasteiger partial charge in [0, 0.05) is 0 Å². The van der Waals surface area contributed by atoms with Gasteiger partial charge in [-0.3, -0.25) is 0 Å². The summed E-state index contributed by atoms with van der Waals surface area (Å²) in [6.45, 7) is 3.18. The Labute approximate surface area is 61.3 Å². The van der Waals surface area contributed by atoms with Crippen LogP contribution in [0.15, 0.2) is 0 Å². The molecule has 0 aromatic rings. The van der Waals surface area contributed by atoms with E-state index in [-0.39, 0.29) is 6.61 Å². The molecule has 1 unspecified atom stereocenters. The second kappa shape index (κ2) is 3.91. The summed E-state index contributed by atoms with van der Waals surface area (Å²) in [5.41, 5.74) is -1.10. The number of rotatable bonds is 4. The Bertz CT molecular complexity index is 88.9. The van der Waals surface area contributed by atoms with Gasteiger partial charge in [0.25, 0.3) is 0 Å². The van der Waals surface area contributed by atoms with E-state index in [4.69, 9.17) is 10.2 Å². The summed E-state index contributed by atoms with van der Waals surface area (Å²) in [5.74, 6) is 0. The molecular weight excluding hydrogens is 132 g/mol. The van der Waals surface area contributed by atoms with Crippen LogP contribution in [0.5, 0.6) is 0 Å². The molecule has 0 saturated carbocycles. The molecule has 0 fully saturated rings. The average molecular weight is 148 g/mol. The van der Waals surface area contributed by atoms with Gasteiger partial charge in [0.2, 0.25) is 0 Å². The molecule has 0 saturated heterocycles. The zero-order valence-electron chi connectivity index (χ0n) is 6.54. The molecule has 0 bridgehead atoms. The SMILES string of the molecule is CCC(O)(CC)C(O)CO. The molecule has 0 aliphatic heterocycles. The van der Waals surface area contributed by atoms with Crippen LogP contribution in [0.25, 0.3) is 0 Å². The molecule has 0 radical (unpaired) electrons.